The molecule has 0 saturated heterocycles. The first-order valence-corrected chi connectivity index (χ1v) is 4.29. The van der Waals surface area contributed by atoms with E-state index in [1.54, 1.807) is 0 Å². The summed E-state index contributed by atoms with van der Waals surface area (Å²) in [6.07, 6.45) is 1.79. The van der Waals surface area contributed by atoms with Crippen LogP contribution in [0, 0.1) is 16.7 Å². The topological polar surface area (TPSA) is 87.1 Å². The molecule has 3 N–H and O–H groups in total. The number of hydrogen-bond acceptors (Lipinski definition) is 3. The number of carboxylic acid groups (broad SMARTS) is 1. The first-order chi connectivity index (χ1) is 5.89. The molecule has 1 atom stereocenters. The quantitative estimate of drug-likeness (QED) is 0.670. The van der Waals surface area contributed by atoms with Gasteiger partial charge < -0.3 is 10.8 Å². The summed E-state index contributed by atoms with van der Waals surface area (Å²) in [6, 6.07) is 1.36. The third-order valence-corrected chi connectivity index (χ3v) is 1.94. The van der Waals surface area contributed by atoms with Crippen LogP contribution in [0.4, 0.5) is 0 Å². The molecule has 0 rings (SSSR count). The van der Waals surface area contributed by atoms with Crippen molar-refractivity contribution in [2.75, 3.05) is 0 Å². The van der Waals surface area contributed by atoms with Crippen LogP contribution in [0.2, 0.25) is 0 Å². The van der Waals surface area contributed by atoms with E-state index < -0.39 is 12.0 Å². The highest BCUT2D eigenvalue weighted by Gasteiger charge is 2.18. The van der Waals surface area contributed by atoms with Crippen LogP contribution in [0.25, 0.3) is 0 Å². The molecule has 0 amide bonds. The summed E-state index contributed by atoms with van der Waals surface area (Å²) in [4.78, 5) is 10.3. The third-order valence-electron chi connectivity index (χ3n) is 1.94. The Balaban J connectivity index is 3.70. The molecular weight excluding hydrogens is 168 g/mol. The van der Waals surface area contributed by atoms with Gasteiger partial charge in [0.2, 0.25) is 0 Å². The van der Waals surface area contributed by atoms with E-state index in [9.17, 15) is 4.79 Å². The van der Waals surface area contributed by atoms with Gasteiger partial charge in [-0.3, -0.25) is 4.79 Å². The highest BCUT2D eigenvalue weighted by Crippen LogP contribution is 2.21. The summed E-state index contributed by atoms with van der Waals surface area (Å²) in [5.41, 5.74) is 4.93. The summed E-state index contributed by atoms with van der Waals surface area (Å²) in [5, 5.41) is 17.1. The SMILES string of the molecule is CC(C)(C#N)CCCC(N)C(=O)O. The molecule has 0 heterocycles. The number of nitrogens with two attached hydrogens (primary N) is 1. The van der Waals surface area contributed by atoms with Gasteiger partial charge >= 0.3 is 5.97 Å². The van der Waals surface area contributed by atoms with Crippen LogP contribution in [0.5, 0.6) is 0 Å². The molecule has 0 bridgehead atoms. The largest absolute Gasteiger partial charge is 0.480 e. The van der Waals surface area contributed by atoms with Crippen molar-refractivity contribution >= 4 is 5.97 Å². The monoisotopic (exact) mass is 184 g/mol. The van der Waals surface area contributed by atoms with Crippen molar-refractivity contribution in [3.63, 3.8) is 0 Å². The molecule has 13 heavy (non-hydrogen) atoms. The summed E-state index contributed by atoms with van der Waals surface area (Å²) < 4.78 is 0. The van der Waals surface area contributed by atoms with Crippen molar-refractivity contribution in [3.8, 4) is 6.07 Å². The lowest BCUT2D eigenvalue weighted by Crippen LogP contribution is -2.30. The predicted molar refractivity (Wildman–Crippen MR) is 48.9 cm³/mol. The Kier molecular flexibility index (Phi) is 4.43. The maximum Gasteiger partial charge on any atom is 0.320 e. The molecule has 0 aromatic carbocycles. The van der Waals surface area contributed by atoms with Gasteiger partial charge in [-0.25, -0.2) is 0 Å². The number of carbonyl (C=O) groups is 1. The van der Waals surface area contributed by atoms with E-state index >= 15 is 0 Å². The molecule has 4 nitrogen and oxygen atoms in total. The van der Waals surface area contributed by atoms with Crippen LogP contribution in [0.1, 0.15) is 33.1 Å². The molecule has 4 heteroatoms. The molecular formula is C9H16N2O2. The average Bonchev–Trinajstić information content (AvgIpc) is 2.04. The van der Waals surface area contributed by atoms with Gasteiger partial charge in [0.05, 0.1) is 11.5 Å². The number of aliphatic carboxylic acids is 1. The van der Waals surface area contributed by atoms with Gasteiger partial charge in [0.1, 0.15) is 6.04 Å². The Morgan fingerprint density at radius 2 is 2.23 bits per heavy atom. The molecule has 0 radical (unpaired) electrons. The Morgan fingerprint density at radius 1 is 1.69 bits per heavy atom. The summed E-state index contributed by atoms with van der Waals surface area (Å²) in [6.45, 7) is 3.67. The van der Waals surface area contributed by atoms with Gasteiger partial charge in [0.15, 0.2) is 0 Å². The van der Waals surface area contributed by atoms with E-state index in [4.69, 9.17) is 16.1 Å². The Bertz CT molecular complexity index is 218. The van der Waals surface area contributed by atoms with Crippen molar-refractivity contribution in [3.05, 3.63) is 0 Å². The fourth-order valence-corrected chi connectivity index (χ4v) is 0.943. The zero-order valence-electron chi connectivity index (χ0n) is 8.08. The average molecular weight is 184 g/mol. The molecule has 0 aliphatic rings. The number of nitrogens with zero attached hydrogens (tertiary/aromatic N) is 1. The van der Waals surface area contributed by atoms with Gasteiger partial charge in [0, 0.05) is 0 Å². The first-order valence-electron chi connectivity index (χ1n) is 4.29. The minimum absolute atomic E-state index is 0.377. The van der Waals surface area contributed by atoms with Crippen molar-refractivity contribution in [2.45, 2.75) is 39.2 Å². The molecule has 0 aliphatic heterocycles. The number of carboxylic acids is 1. The van der Waals surface area contributed by atoms with Gasteiger partial charge in [-0.2, -0.15) is 5.26 Å². The number of hydrogen-bond donors (Lipinski definition) is 2. The van der Waals surface area contributed by atoms with E-state index in [2.05, 4.69) is 6.07 Å². The maximum absolute atomic E-state index is 10.3. The van der Waals surface area contributed by atoms with Crippen molar-refractivity contribution < 1.29 is 9.90 Å². The second-order valence-corrected chi connectivity index (χ2v) is 3.83. The Labute approximate surface area is 78.3 Å². The summed E-state index contributed by atoms with van der Waals surface area (Å²) >= 11 is 0. The fraction of sp³-hybridized carbons (Fsp3) is 0.778. The first kappa shape index (κ1) is 11.9. The highest BCUT2D eigenvalue weighted by molar-refractivity contribution is 5.72. The summed E-state index contributed by atoms with van der Waals surface area (Å²) in [5.74, 6) is -0.977. The maximum atomic E-state index is 10.3. The van der Waals surface area contributed by atoms with Crippen molar-refractivity contribution in [1.82, 2.24) is 0 Å². The molecule has 0 spiro atoms. The lowest BCUT2D eigenvalue weighted by Gasteiger charge is -2.15. The predicted octanol–water partition coefficient (Wildman–Crippen LogP) is 1.12. The smallest absolute Gasteiger partial charge is 0.320 e. The van der Waals surface area contributed by atoms with Gasteiger partial charge in [0.25, 0.3) is 0 Å². The van der Waals surface area contributed by atoms with E-state index in [0.29, 0.717) is 19.3 Å². The van der Waals surface area contributed by atoms with Crippen LogP contribution >= 0.6 is 0 Å². The van der Waals surface area contributed by atoms with Gasteiger partial charge in [-0.15, -0.1) is 0 Å². The molecule has 0 fully saturated rings. The van der Waals surface area contributed by atoms with Crippen molar-refractivity contribution in [2.24, 2.45) is 11.1 Å². The second-order valence-electron chi connectivity index (χ2n) is 3.83. The Morgan fingerprint density at radius 3 is 2.62 bits per heavy atom. The third kappa shape index (κ3) is 5.21. The molecule has 0 saturated carbocycles. The van der Waals surface area contributed by atoms with Crippen LogP contribution in [0.15, 0.2) is 0 Å². The zero-order chi connectivity index (χ0) is 10.5. The number of rotatable bonds is 5. The van der Waals surface area contributed by atoms with Crippen LogP contribution < -0.4 is 5.73 Å². The van der Waals surface area contributed by atoms with Gasteiger partial charge in [-0.05, 0) is 33.1 Å². The van der Waals surface area contributed by atoms with Crippen LogP contribution in [-0.4, -0.2) is 17.1 Å². The van der Waals surface area contributed by atoms with Gasteiger partial charge in [-0.1, -0.05) is 0 Å². The van der Waals surface area contributed by atoms with E-state index in [-0.39, 0.29) is 5.41 Å². The van der Waals surface area contributed by atoms with E-state index in [0.717, 1.165) is 0 Å². The minimum Gasteiger partial charge on any atom is -0.480 e. The van der Waals surface area contributed by atoms with Crippen molar-refractivity contribution in [1.29, 1.82) is 5.26 Å². The standard InChI is InChI=1S/C9H16N2O2/c1-9(2,6-10)5-3-4-7(11)8(12)13/h7H,3-5,11H2,1-2H3,(H,12,13). The lowest BCUT2D eigenvalue weighted by molar-refractivity contribution is -0.138. The zero-order valence-corrected chi connectivity index (χ0v) is 8.08. The molecule has 1 unspecified atom stereocenters. The molecule has 74 valence electrons. The summed E-state index contributed by atoms with van der Waals surface area (Å²) in [7, 11) is 0. The second kappa shape index (κ2) is 4.83. The Hall–Kier alpha value is -1.08. The minimum atomic E-state index is -0.977. The fourth-order valence-electron chi connectivity index (χ4n) is 0.943. The number of nitriles is 1. The molecule has 0 aliphatic carbocycles. The van der Waals surface area contributed by atoms with E-state index in [1.807, 2.05) is 13.8 Å². The molecule has 0 aromatic heterocycles. The van der Waals surface area contributed by atoms with E-state index in [1.165, 1.54) is 0 Å². The normalized spacial score (nSPS) is 13.4. The van der Waals surface area contributed by atoms with Crippen LogP contribution in [-0.2, 0) is 4.79 Å². The highest BCUT2D eigenvalue weighted by atomic mass is 16.4. The molecule has 0 aromatic rings. The lowest BCUT2D eigenvalue weighted by atomic mass is 9.88. The van der Waals surface area contributed by atoms with Crippen LogP contribution in [0.3, 0.4) is 0 Å².